The van der Waals surface area contributed by atoms with Crippen LogP contribution in [0.4, 0.5) is 0 Å². The Morgan fingerprint density at radius 3 is 2.40 bits per heavy atom. The average Bonchev–Trinajstić information content (AvgIpc) is 2.88. The highest BCUT2D eigenvalue weighted by Gasteiger charge is 1.86. The molecule has 2 heterocycles. The van der Waals surface area contributed by atoms with Gasteiger partial charge in [0, 0.05) is 11.6 Å². The molecule has 0 spiro atoms. The van der Waals surface area contributed by atoms with E-state index < -0.39 is 0 Å². The van der Waals surface area contributed by atoms with Gasteiger partial charge in [-0.3, -0.25) is 4.98 Å². The van der Waals surface area contributed by atoms with Gasteiger partial charge in [0.25, 0.3) is 0 Å². The maximum absolute atomic E-state index is 4.33. The lowest BCUT2D eigenvalue weighted by atomic mass is 10.2. The molecule has 3 heteroatoms. The van der Waals surface area contributed by atoms with Crippen molar-refractivity contribution in [2.75, 3.05) is 0 Å². The van der Waals surface area contributed by atoms with Gasteiger partial charge < -0.3 is 4.52 Å². The van der Waals surface area contributed by atoms with Gasteiger partial charge in [0.05, 0.1) is 11.7 Å². The largest absolute Gasteiger partial charge is 0.365 e. The Labute approximate surface area is 87.4 Å². The molecule has 0 saturated carbocycles. The fraction of sp³-hybridized carbons (Fsp3) is 0. The first kappa shape index (κ1) is 9.40. The number of para-hydroxylation sites is 1. The maximum atomic E-state index is 4.33. The van der Waals surface area contributed by atoms with Crippen molar-refractivity contribution in [3.63, 3.8) is 0 Å². The Kier molecular flexibility index (Phi) is 3.07. The van der Waals surface area contributed by atoms with Gasteiger partial charge in [-0.2, -0.15) is 0 Å². The van der Waals surface area contributed by atoms with E-state index in [2.05, 4.69) is 26.8 Å². The van der Waals surface area contributed by atoms with E-state index in [1.54, 1.807) is 12.3 Å². The molecule has 0 aliphatic rings. The van der Waals surface area contributed by atoms with E-state index in [1.165, 1.54) is 11.6 Å². The molecule has 3 nitrogen and oxygen atoms in total. The Bertz CT molecular complexity index is 423. The van der Waals surface area contributed by atoms with Crippen molar-refractivity contribution in [2.45, 2.75) is 0 Å². The van der Waals surface area contributed by atoms with E-state index in [9.17, 15) is 0 Å². The van der Waals surface area contributed by atoms with Crippen LogP contribution in [0.1, 0.15) is 0 Å². The summed E-state index contributed by atoms with van der Waals surface area (Å²) < 4.78 is 4.33. The Morgan fingerprint density at radius 1 is 0.867 bits per heavy atom. The second-order valence-corrected chi connectivity index (χ2v) is 2.88. The SMILES string of the molecule is c1ccc2ncccc2c1.c1cnoc1. The van der Waals surface area contributed by atoms with Gasteiger partial charge in [0.2, 0.25) is 0 Å². The summed E-state index contributed by atoms with van der Waals surface area (Å²) in [6, 6.07) is 13.8. The zero-order valence-electron chi connectivity index (χ0n) is 8.08. The van der Waals surface area contributed by atoms with Crippen LogP contribution in [0.3, 0.4) is 0 Å². The van der Waals surface area contributed by atoms with E-state index in [4.69, 9.17) is 0 Å². The first-order valence-corrected chi connectivity index (χ1v) is 4.61. The third-order valence-corrected chi connectivity index (χ3v) is 1.86. The molecule has 0 aliphatic heterocycles. The monoisotopic (exact) mass is 198 g/mol. The smallest absolute Gasteiger partial charge is 0.123 e. The van der Waals surface area contributed by atoms with Gasteiger partial charge in [0.15, 0.2) is 0 Å². The number of hydrogen-bond donors (Lipinski definition) is 0. The standard InChI is InChI=1S/C9H7N.C3H3NO/c1-2-6-9-8(4-1)5-3-7-10-9;1-2-4-5-3-1/h1-7H;1-3H. The summed E-state index contributed by atoms with van der Waals surface area (Å²) in [7, 11) is 0. The summed E-state index contributed by atoms with van der Waals surface area (Å²) >= 11 is 0. The zero-order valence-corrected chi connectivity index (χ0v) is 8.08. The number of fused-ring (bicyclic) bond motifs is 1. The molecule has 2 aromatic heterocycles. The Morgan fingerprint density at radius 2 is 1.73 bits per heavy atom. The van der Waals surface area contributed by atoms with Gasteiger partial charge in [-0.1, -0.05) is 29.4 Å². The van der Waals surface area contributed by atoms with Gasteiger partial charge in [-0.25, -0.2) is 0 Å². The van der Waals surface area contributed by atoms with Crippen molar-refractivity contribution >= 4 is 10.9 Å². The van der Waals surface area contributed by atoms with Crippen molar-refractivity contribution < 1.29 is 4.52 Å². The van der Waals surface area contributed by atoms with E-state index in [0.717, 1.165) is 5.52 Å². The van der Waals surface area contributed by atoms with Crippen LogP contribution < -0.4 is 0 Å². The Hall–Kier alpha value is -2.16. The topological polar surface area (TPSA) is 38.9 Å². The first-order valence-electron chi connectivity index (χ1n) is 4.61. The molecule has 0 aliphatic carbocycles. The molecule has 74 valence electrons. The molecule has 0 radical (unpaired) electrons. The predicted molar refractivity (Wildman–Crippen MR) is 58.2 cm³/mol. The van der Waals surface area contributed by atoms with Crippen LogP contribution in [0.15, 0.2) is 65.6 Å². The van der Waals surface area contributed by atoms with Gasteiger partial charge in [-0.05, 0) is 18.2 Å². The fourth-order valence-corrected chi connectivity index (χ4v) is 1.19. The van der Waals surface area contributed by atoms with Gasteiger partial charge >= 0.3 is 0 Å². The molecular weight excluding hydrogens is 188 g/mol. The third kappa shape index (κ3) is 2.64. The second kappa shape index (κ2) is 4.91. The summed E-state index contributed by atoms with van der Waals surface area (Å²) in [4.78, 5) is 4.18. The minimum atomic E-state index is 1.06. The average molecular weight is 198 g/mol. The number of nitrogens with zero attached hydrogens (tertiary/aromatic N) is 2. The number of hydrogen-bond acceptors (Lipinski definition) is 3. The molecule has 3 rings (SSSR count). The normalized spacial score (nSPS) is 9.33. The molecule has 0 atom stereocenters. The van der Waals surface area contributed by atoms with Crippen LogP contribution in [-0.4, -0.2) is 10.1 Å². The molecule has 3 aromatic rings. The van der Waals surface area contributed by atoms with Crippen LogP contribution >= 0.6 is 0 Å². The lowest BCUT2D eigenvalue weighted by Crippen LogP contribution is -1.73. The zero-order chi connectivity index (χ0) is 10.3. The highest BCUT2D eigenvalue weighted by atomic mass is 16.5. The molecule has 0 amide bonds. The number of aromatic nitrogens is 2. The van der Waals surface area contributed by atoms with Crippen molar-refractivity contribution in [1.29, 1.82) is 0 Å². The summed E-state index contributed by atoms with van der Waals surface area (Å²) in [5, 5.41) is 4.55. The first-order chi connectivity index (χ1) is 7.47. The quantitative estimate of drug-likeness (QED) is 0.557. The maximum Gasteiger partial charge on any atom is 0.123 e. The number of pyridine rings is 1. The van der Waals surface area contributed by atoms with Crippen LogP contribution in [0, 0.1) is 0 Å². The molecule has 0 N–H and O–H groups in total. The van der Waals surface area contributed by atoms with Crippen LogP contribution in [-0.2, 0) is 0 Å². The summed E-state index contributed by atoms with van der Waals surface area (Å²) in [6.07, 6.45) is 4.91. The molecule has 0 saturated heterocycles. The summed E-state index contributed by atoms with van der Waals surface area (Å²) in [6.45, 7) is 0. The van der Waals surface area contributed by atoms with Crippen LogP contribution in [0.5, 0.6) is 0 Å². The third-order valence-electron chi connectivity index (χ3n) is 1.86. The van der Waals surface area contributed by atoms with Crippen LogP contribution in [0.25, 0.3) is 10.9 Å². The molecular formula is C12H10N2O. The van der Waals surface area contributed by atoms with Crippen molar-refractivity contribution in [3.8, 4) is 0 Å². The van der Waals surface area contributed by atoms with Crippen molar-refractivity contribution in [3.05, 3.63) is 61.1 Å². The van der Waals surface area contributed by atoms with E-state index in [0.29, 0.717) is 0 Å². The minimum Gasteiger partial charge on any atom is -0.365 e. The van der Waals surface area contributed by atoms with Crippen molar-refractivity contribution in [1.82, 2.24) is 10.1 Å². The van der Waals surface area contributed by atoms with E-state index in [1.807, 2.05) is 30.5 Å². The lowest BCUT2D eigenvalue weighted by Gasteiger charge is -1.91. The summed E-state index contributed by atoms with van der Waals surface area (Å²) in [5.74, 6) is 0. The second-order valence-electron chi connectivity index (χ2n) is 2.88. The van der Waals surface area contributed by atoms with E-state index in [-0.39, 0.29) is 0 Å². The summed E-state index contributed by atoms with van der Waals surface area (Å²) in [5.41, 5.74) is 1.06. The number of benzene rings is 1. The van der Waals surface area contributed by atoms with Crippen molar-refractivity contribution in [2.24, 2.45) is 0 Å². The highest BCUT2D eigenvalue weighted by Crippen LogP contribution is 2.07. The predicted octanol–water partition coefficient (Wildman–Crippen LogP) is 2.91. The molecule has 15 heavy (non-hydrogen) atoms. The Balaban J connectivity index is 0.000000144. The molecule has 0 bridgehead atoms. The van der Waals surface area contributed by atoms with E-state index >= 15 is 0 Å². The van der Waals surface area contributed by atoms with Gasteiger partial charge in [-0.15, -0.1) is 0 Å². The number of rotatable bonds is 0. The molecule has 0 fully saturated rings. The van der Waals surface area contributed by atoms with Crippen LogP contribution in [0.2, 0.25) is 0 Å². The molecule has 0 unspecified atom stereocenters. The van der Waals surface area contributed by atoms with Gasteiger partial charge in [0.1, 0.15) is 6.26 Å². The molecule has 1 aromatic carbocycles. The lowest BCUT2D eigenvalue weighted by molar-refractivity contribution is 0.420. The minimum absolute atomic E-state index is 1.06. The fourth-order valence-electron chi connectivity index (χ4n) is 1.19. The highest BCUT2D eigenvalue weighted by molar-refractivity contribution is 5.77.